The summed E-state index contributed by atoms with van der Waals surface area (Å²) in [4.78, 5) is 15.1. The van der Waals surface area contributed by atoms with Gasteiger partial charge in [-0.1, -0.05) is 18.2 Å². The SMILES string of the molecule is CCNC(=NCc1ccc(OCc2ccccn2)cc1)NC1CCN(c2ncccc2F)C1.I. The van der Waals surface area contributed by atoms with Crippen molar-refractivity contribution in [3.8, 4) is 5.75 Å². The van der Waals surface area contributed by atoms with E-state index >= 15 is 0 Å². The van der Waals surface area contributed by atoms with Crippen LogP contribution in [0.1, 0.15) is 24.6 Å². The van der Waals surface area contributed by atoms with E-state index in [0.717, 1.165) is 42.5 Å². The summed E-state index contributed by atoms with van der Waals surface area (Å²) in [7, 11) is 0. The molecule has 1 atom stereocenters. The van der Waals surface area contributed by atoms with Crippen LogP contribution in [0.25, 0.3) is 0 Å². The van der Waals surface area contributed by atoms with Crippen molar-refractivity contribution in [3.05, 3.63) is 84.1 Å². The minimum Gasteiger partial charge on any atom is -0.487 e. The lowest BCUT2D eigenvalue weighted by molar-refractivity contribution is 0.301. The van der Waals surface area contributed by atoms with Crippen LogP contribution < -0.4 is 20.3 Å². The molecule has 1 aromatic carbocycles. The molecule has 7 nitrogen and oxygen atoms in total. The van der Waals surface area contributed by atoms with Gasteiger partial charge in [0.2, 0.25) is 0 Å². The van der Waals surface area contributed by atoms with Gasteiger partial charge in [-0.3, -0.25) is 4.98 Å². The molecular formula is C25H30FIN6O. The number of anilines is 1. The molecule has 1 aliphatic rings. The quantitative estimate of drug-likeness (QED) is 0.239. The van der Waals surface area contributed by atoms with E-state index in [1.807, 2.05) is 54.3 Å². The molecule has 0 aliphatic carbocycles. The van der Waals surface area contributed by atoms with Gasteiger partial charge in [-0.05, 0) is 55.3 Å². The van der Waals surface area contributed by atoms with Crippen LogP contribution in [0.15, 0.2) is 72.0 Å². The molecule has 0 amide bonds. The van der Waals surface area contributed by atoms with Crippen LogP contribution in [0, 0.1) is 5.82 Å². The molecule has 0 saturated carbocycles. The smallest absolute Gasteiger partial charge is 0.191 e. The zero-order valence-electron chi connectivity index (χ0n) is 19.2. The predicted octanol–water partition coefficient (Wildman–Crippen LogP) is 4.15. The number of nitrogens with zero attached hydrogens (tertiary/aromatic N) is 4. The molecule has 3 aromatic rings. The molecule has 9 heteroatoms. The van der Waals surface area contributed by atoms with Gasteiger partial charge in [0.05, 0.1) is 12.2 Å². The number of aromatic nitrogens is 2. The molecule has 1 saturated heterocycles. The predicted molar refractivity (Wildman–Crippen MR) is 143 cm³/mol. The zero-order valence-corrected chi connectivity index (χ0v) is 21.5. The first-order valence-corrected chi connectivity index (χ1v) is 11.2. The molecule has 3 heterocycles. The second-order valence-electron chi connectivity index (χ2n) is 7.83. The number of hydrogen-bond acceptors (Lipinski definition) is 5. The van der Waals surface area contributed by atoms with Crippen LogP contribution in [0.4, 0.5) is 10.2 Å². The van der Waals surface area contributed by atoms with Crippen molar-refractivity contribution < 1.29 is 9.13 Å². The molecule has 0 radical (unpaired) electrons. The van der Waals surface area contributed by atoms with Crippen molar-refractivity contribution in [1.29, 1.82) is 0 Å². The maximum atomic E-state index is 14.1. The van der Waals surface area contributed by atoms with Gasteiger partial charge in [0, 0.05) is 38.1 Å². The first-order valence-electron chi connectivity index (χ1n) is 11.2. The van der Waals surface area contributed by atoms with Crippen LogP contribution in [-0.2, 0) is 13.2 Å². The maximum absolute atomic E-state index is 14.1. The van der Waals surface area contributed by atoms with Gasteiger partial charge in [-0.2, -0.15) is 0 Å². The van der Waals surface area contributed by atoms with Crippen LogP contribution in [-0.4, -0.2) is 41.6 Å². The number of hydrogen-bond donors (Lipinski definition) is 2. The molecule has 180 valence electrons. The minimum absolute atomic E-state index is 0. The fourth-order valence-corrected chi connectivity index (χ4v) is 3.70. The summed E-state index contributed by atoms with van der Waals surface area (Å²) in [6.07, 6.45) is 4.28. The van der Waals surface area contributed by atoms with E-state index in [2.05, 4.69) is 20.6 Å². The van der Waals surface area contributed by atoms with Gasteiger partial charge >= 0.3 is 0 Å². The number of nitrogens with one attached hydrogen (secondary N) is 2. The minimum atomic E-state index is -0.286. The Morgan fingerprint density at radius 2 is 1.94 bits per heavy atom. The third-order valence-corrected chi connectivity index (χ3v) is 5.37. The number of benzene rings is 1. The zero-order chi connectivity index (χ0) is 22.9. The van der Waals surface area contributed by atoms with E-state index in [-0.39, 0.29) is 35.8 Å². The Morgan fingerprint density at radius 1 is 1.12 bits per heavy atom. The van der Waals surface area contributed by atoms with Gasteiger partial charge in [-0.25, -0.2) is 14.4 Å². The van der Waals surface area contributed by atoms with Gasteiger partial charge in [-0.15, -0.1) is 24.0 Å². The highest BCUT2D eigenvalue weighted by molar-refractivity contribution is 14.0. The second-order valence-corrected chi connectivity index (χ2v) is 7.83. The number of pyridine rings is 2. The third kappa shape index (κ3) is 7.28. The van der Waals surface area contributed by atoms with Gasteiger partial charge < -0.3 is 20.3 Å². The Balaban J connectivity index is 0.00000324. The van der Waals surface area contributed by atoms with E-state index < -0.39 is 0 Å². The van der Waals surface area contributed by atoms with Crippen LogP contribution in [0.3, 0.4) is 0 Å². The molecule has 1 aliphatic heterocycles. The van der Waals surface area contributed by atoms with Crippen molar-refractivity contribution in [3.63, 3.8) is 0 Å². The van der Waals surface area contributed by atoms with Crippen molar-refractivity contribution in [2.75, 3.05) is 24.5 Å². The third-order valence-electron chi connectivity index (χ3n) is 5.37. The van der Waals surface area contributed by atoms with E-state index in [0.29, 0.717) is 25.5 Å². The van der Waals surface area contributed by atoms with E-state index in [4.69, 9.17) is 9.73 Å². The van der Waals surface area contributed by atoms with E-state index in [1.54, 1.807) is 18.5 Å². The van der Waals surface area contributed by atoms with Crippen LogP contribution in [0.2, 0.25) is 0 Å². The molecule has 2 N–H and O–H groups in total. The molecule has 0 spiro atoms. The number of aliphatic imine (C=N–C) groups is 1. The molecule has 0 bridgehead atoms. The topological polar surface area (TPSA) is 74.7 Å². The lowest BCUT2D eigenvalue weighted by atomic mass is 10.2. The lowest BCUT2D eigenvalue weighted by Gasteiger charge is -2.20. The molecule has 4 rings (SSSR count). The van der Waals surface area contributed by atoms with Crippen molar-refractivity contribution in [2.24, 2.45) is 4.99 Å². The highest BCUT2D eigenvalue weighted by Gasteiger charge is 2.25. The maximum Gasteiger partial charge on any atom is 0.191 e. The van der Waals surface area contributed by atoms with Gasteiger partial charge in [0.1, 0.15) is 12.4 Å². The van der Waals surface area contributed by atoms with Crippen molar-refractivity contribution in [1.82, 2.24) is 20.6 Å². The highest BCUT2D eigenvalue weighted by Crippen LogP contribution is 2.21. The van der Waals surface area contributed by atoms with Crippen molar-refractivity contribution >= 4 is 35.8 Å². The Kier molecular flexibility index (Phi) is 9.87. The number of halogens is 2. The Labute approximate surface area is 216 Å². The standard InChI is InChI=1S/C25H29FN6O.HI/c1-2-27-25(31-20-12-15-32(17-20)24-23(26)7-5-14-29-24)30-16-19-8-10-22(11-9-19)33-18-21-6-3-4-13-28-21;/h3-11,13-14,20H,2,12,15-18H2,1H3,(H2,27,30,31);1H. The van der Waals surface area contributed by atoms with Crippen LogP contribution >= 0.6 is 24.0 Å². The average molecular weight is 576 g/mol. The Bertz CT molecular complexity index is 1050. The number of guanidine groups is 1. The summed E-state index contributed by atoms with van der Waals surface area (Å²) in [5.41, 5.74) is 1.98. The first-order chi connectivity index (χ1) is 16.2. The summed E-state index contributed by atoms with van der Waals surface area (Å²) in [6.45, 7) is 5.22. The largest absolute Gasteiger partial charge is 0.487 e. The van der Waals surface area contributed by atoms with Crippen LogP contribution in [0.5, 0.6) is 5.75 Å². The van der Waals surface area contributed by atoms with Gasteiger partial charge in [0.25, 0.3) is 0 Å². The van der Waals surface area contributed by atoms with Gasteiger partial charge in [0.15, 0.2) is 17.6 Å². The first kappa shape index (κ1) is 25.7. The molecular weight excluding hydrogens is 546 g/mol. The monoisotopic (exact) mass is 576 g/mol. The average Bonchev–Trinajstić information content (AvgIpc) is 3.31. The lowest BCUT2D eigenvalue weighted by Crippen LogP contribution is -2.44. The Hall–Kier alpha value is -2.95. The number of ether oxygens (including phenoxy) is 1. The number of rotatable bonds is 8. The van der Waals surface area contributed by atoms with Crippen molar-refractivity contribution in [2.45, 2.75) is 32.5 Å². The van der Waals surface area contributed by atoms with E-state index in [9.17, 15) is 4.39 Å². The summed E-state index contributed by atoms with van der Waals surface area (Å²) in [5, 5.41) is 6.77. The Morgan fingerprint density at radius 3 is 2.68 bits per heavy atom. The fraction of sp³-hybridized carbons (Fsp3) is 0.320. The fourth-order valence-electron chi connectivity index (χ4n) is 3.70. The summed E-state index contributed by atoms with van der Waals surface area (Å²) < 4.78 is 19.8. The summed E-state index contributed by atoms with van der Waals surface area (Å²) in [6, 6.07) is 16.9. The van der Waals surface area contributed by atoms with E-state index in [1.165, 1.54) is 6.07 Å². The summed E-state index contributed by atoms with van der Waals surface area (Å²) in [5.74, 6) is 1.67. The summed E-state index contributed by atoms with van der Waals surface area (Å²) >= 11 is 0. The molecule has 2 aromatic heterocycles. The molecule has 34 heavy (non-hydrogen) atoms. The highest BCUT2D eigenvalue weighted by atomic mass is 127. The second kappa shape index (κ2) is 13.1. The molecule has 1 fully saturated rings. The normalized spacial score (nSPS) is 15.5. The molecule has 1 unspecified atom stereocenters.